The molecular weight excluding hydrogens is 310 g/mol. The van der Waals surface area contributed by atoms with Crippen molar-refractivity contribution in [2.75, 3.05) is 12.4 Å². The maximum absolute atomic E-state index is 5.90. The number of benzene rings is 2. The summed E-state index contributed by atoms with van der Waals surface area (Å²) in [6.45, 7) is 4.13. The number of allylic oxidation sites excluding steroid dienone is 2. The van der Waals surface area contributed by atoms with Gasteiger partial charge < -0.3 is 14.8 Å². The SMILES string of the molecule is COc1cccc(C2Nc3ccc(OC(C)C)cc3C3C=CCC32)c1. The van der Waals surface area contributed by atoms with Gasteiger partial charge in [-0.1, -0.05) is 24.3 Å². The molecule has 1 aliphatic carbocycles. The van der Waals surface area contributed by atoms with Crippen LogP contribution < -0.4 is 14.8 Å². The lowest BCUT2D eigenvalue weighted by molar-refractivity contribution is 0.242. The first-order chi connectivity index (χ1) is 12.2. The summed E-state index contributed by atoms with van der Waals surface area (Å²) in [5.74, 6) is 2.82. The summed E-state index contributed by atoms with van der Waals surface area (Å²) in [4.78, 5) is 0. The lowest BCUT2D eigenvalue weighted by atomic mass is 9.77. The van der Waals surface area contributed by atoms with Crippen molar-refractivity contribution in [2.24, 2.45) is 5.92 Å². The van der Waals surface area contributed by atoms with Crippen molar-refractivity contribution in [1.82, 2.24) is 0 Å². The van der Waals surface area contributed by atoms with E-state index in [2.05, 4.69) is 67.7 Å². The average molecular weight is 335 g/mol. The van der Waals surface area contributed by atoms with Gasteiger partial charge in [-0.2, -0.15) is 0 Å². The first kappa shape index (κ1) is 16.1. The molecule has 0 fully saturated rings. The van der Waals surface area contributed by atoms with Gasteiger partial charge in [-0.25, -0.2) is 0 Å². The van der Waals surface area contributed by atoms with Crippen molar-refractivity contribution >= 4 is 5.69 Å². The van der Waals surface area contributed by atoms with E-state index in [9.17, 15) is 0 Å². The second-order valence-corrected chi connectivity index (χ2v) is 7.17. The van der Waals surface area contributed by atoms with Crippen LogP contribution in [0.1, 0.15) is 43.4 Å². The minimum atomic E-state index is 0.189. The predicted octanol–water partition coefficient (Wildman–Crippen LogP) is 5.31. The van der Waals surface area contributed by atoms with Gasteiger partial charge in [-0.15, -0.1) is 0 Å². The van der Waals surface area contributed by atoms with Crippen LogP contribution >= 0.6 is 0 Å². The fourth-order valence-electron chi connectivity index (χ4n) is 4.08. The molecule has 130 valence electrons. The van der Waals surface area contributed by atoms with E-state index < -0.39 is 0 Å². The standard InChI is InChI=1S/C22H25NO2/c1-14(2)25-17-10-11-21-20(13-17)18-8-5-9-19(18)22(23-21)15-6-4-7-16(12-15)24-3/h4-8,10-14,18-19,22-23H,9H2,1-3H3. The highest BCUT2D eigenvalue weighted by Crippen LogP contribution is 2.50. The van der Waals surface area contributed by atoms with Crippen LogP contribution in [0.4, 0.5) is 5.69 Å². The summed E-state index contributed by atoms with van der Waals surface area (Å²) in [6.07, 6.45) is 5.95. The zero-order valence-corrected chi connectivity index (χ0v) is 15.0. The van der Waals surface area contributed by atoms with Crippen LogP contribution in [0.15, 0.2) is 54.6 Å². The van der Waals surface area contributed by atoms with Gasteiger partial charge in [-0.05, 0) is 67.6 Å². The highest BCUT2D eigenvalue weighted by atomic mass is 16.5. The van der Waals surface area contributed by atoms with Gasteiger partial charge in [0, 0.05) is 11.6 Å². The van der Waals surface area contributed by atoms with E-state index in [1.807, 2.05) is 6.07 Å². The molecule has 0 aromatic heterocycles. The molecule has 2 aromatic rings. The number of methoxy groups -OCH3 is 1. The van der Waals surface area contributed by atoms with Crippen molar-refractivity contribution < 1.29 is 9.47 Å². The molecule has 0 bridgehead atoms. The molecule has 0 amide bonds. The highest BCUT2D eigenvalue weighted by molar-refractivity contribution is 5.62. The molecule has 4 rings (SSSR count). The maximum atomic E-state index is 5.90. The zero-order valence-electron chi connectivity index (χ0n) is 15.0. The van der Waals surface area contributed by atoms with E-state index in [1.54, 1.807) is 7.11 Å². The molecule has 0 spiro atoms. The van der Waals surface area contributed by atoms with E-state index in [-0.39, 0.29) is 6.10 Å². The smallest absolute Gasteiger partial charge is 0.120 e. The molecule has 0 saturated heterocycles. The van der Waals surface area contributed by atoms with Crippen LogP contribution in [0.25, 0.3) is 0 Å². The average Bonchev–Trinajstić information content (AvgIpc) is 3.11. The second kappa shape index (κ2) is 6.47. The third-order valence-corrected chi connectivity index (χ3v) is 5.16. The summed E-state index contributed by atoms with van der Waals surface area (Å²) < 4.78 is 11.3. The molecule has 25 heavy (non-hydrogen) atoms. The molecule has 3 atom stereocenters. The number of hydrogen-bond acceptors (Lipinski definition) is 3. The Morgan fingerprint density at radius 2 is 1.96 bits per heavy atom. The third-order valence-electron chi connectivity index (χ3n) is 5.16. The summed E-state index contributed by atoms with van der Waals surface area (Å²) in [6, 6.07) is 15.1. The molecular formula is C22H25NO2. The molecule has 1 N–H and O–H groups in total. The van der Waals surface area contributed by atoms with E-state index in [0.717, 1.165) is 17.9 Å². The van der Waals surface area contributed by atoms with Crippen LogP contribution in [-0.2, 0) is 0 Å². The summed E-state index contributed by atoms with van der Waals surface area (Å²) >= 11 is 0. The number of nitrogens with one attached hydrogen (secondary N) is 1. The fourth-order valence-corrected chi connectivity index (χ4v) is 4.08. The summed E-state index contributed by atoms with van der Waals surface area (Å²) in [7, 11) is 1.72. The lowest BCUT2D eigenvalue weighted by Crippen LogP contribution is -2.29. The summed E-state index contributed by atoms with van der Waals surface area (Å²) in [5, 5.41) is 3.77. The number of anilines is 1. The van der Waals surface area contributed by atoms with E-state index in [4.69, 9.17) is 9.47 Å². The Morgan fingerprint density at radius 3 is 2.76 bits per heavy atom. The van der Waals surface area contributed by atoms with Crippen molar-refractivity contribution in [3.63, 3.8) is 0 Å². The zero-order chi connectivity index (χ0) is 17.4. The third kappa shape index (κ3) is 2.99. The molecule has 3 nitrogen and oxygen atoms in total. The molecule has 2 aliphatic rings. The first-order valence-electron chi connectivity index (χ1n) is 9.03. The largest absolute Gasteiger partial charge is 0.497 e. The van der Waals surface area contributed by atoms with Crippen LogP contribution in [0, 0.1) is 5.92 Å². The Hall–Kier alpha value is -2.42. The van der Waals surface area contributed by atoms with Gasteiger partial charge in [0.2, 0.25) is 0 Å². The Bertz CT molecular complexity index is 796. The number of hydrogen-bond donors (Lipinski definition) is 1. The Morgan fingerprint density at radius 1 is 1.08 bits per heavy atom. The highest BCUT2D eigenvalue weighted by Gasteiger charge is 2.38. The van der Waals surface area contributed by atoms with Crippen LogP contribution in [0.5, 0.6) is 11.5 Å². The van der Waals surface area contributed by atoms with Gasteiger partial charge in [0.15, 0.2) is 0 Å². The van der Waals surface area contributed by atoms with Crippen LogP contribution in [0.3, 0.4) is 0 Å². The topological polar surface area (TPSA) is 30.5 Å². The normalized spacial score (nSPS) is 23.8. The molecule has 0 radical (unpaired) electrons. The maximum Gasteiger partial charge on any atom is 0.120 e. The van der Waals surface area contributed by atoms with E-state index in [0.29, 0.717) is 17.9 Å². The van der Waals surface area contributed by atoms with Crippen LogP contribution in [-0.4, -0.2) is 13.2 Å². The molecule has 1 heterocycles. The number of rotatable bonds is 4. The predicted molar refractivity (Wildman–Crippen MR) is 102 cm³/mol. The Labute approximate surface area is 149 Å². The molecule has 3 unspecified atom stereocenters. The molecule has 2 aromatic carbocycles. The van der Waals surface area contributed by atoms with Crippen molar-refractivity contribution in [3.05, 3.63) is 65.7 Å². The molecule has 1 aliphatic heterocycles. The second-order valence-electron chi connectivity index (χ2n) is 7.17. The van der Waals surface area contributed by atoms with Gasteiger partial charge in [-0.3, -0.25) is 0 Å². The van der Waals surface area contributed by atoms with E-state index >= 15 is 0 Å². The Kier molecular flexibility index (Phi) is 4.16. The Balaban J connectivity index is 1.70. The minimum Gasteiger partial charge on any atom is -0.497 e. The van der Waals surface area contributed by atoms with Gasteiger partial charge in [0.05, 0.1) is 19.3 Å². The van der Waals surface area contributed by atoms with Gasteiger partial charge in [0.1, 0.15) is 11.5 Å². The quantitative estimate of drug-likeness (QED) is 0.768. The minimum absolute atomic E-state index is 0.189. The molecule has 0 saturated carbocycles. The number of fused-ring (bicyclic) bond motifs is 3. The fraction of sp³-hybridized carbons (Fsp3) is 0.364. The van der Waals surface area contributed by atoms with Crippen molar-refractivity contribution in [2.45, 2.75) is 38.3 Å². The summed E-state index contributed by atoms with van der Waals surface area (Å²) in [5.41, 5.74) is 3.83. The van der Waals surface area contributed by atoms with Gasteiger partial charge in [0.25, 0.3) is 0 Å². The lowest BCUT2D eigenvalue weighted by Gasteiger charge is -2.37. The monoisotopic (exact) mass is 335 g/mol. The van der Waals surface area contributed by atoms with E-state index in [1.165, 1.54) is 16.8 Å². The van der Waals surface area contributed by atoms with Crippen molar-refractivity contribution in [3.8, 4) is 11.5 Å². The van der Waals surface area contributed by atoms with Crippen LogP contribution in [0.2, 0.25) is 0 Å². The first-order valence-corrected chi connectivity index (χ1v) is 9.03. The molecule has 3 heteroatoms. The van der Waals surface area contributed by atoms with Crippen molar-refractivity contribution in [1.29, 1.82) is 0 Å². The number of ether oxygens (including phenoxy) is 2. The van der Waals surface area contributed by atoms with Gasteiger partial charge >= 0.3 is 0 Å².